The van der Waals surface area contributed by atoms with E-state index in [0.717, 1.165) is 5.95 Å². The first kappa shape index (κ1) is 9.71. The van der Waals surface area contributed by atoms with Crippen molar-refractivity contribution in [3.8, 4) is 0 Å². The molecule has 0 aliphatic carbocycles. The van der Waals surface area contributed by atoms with E-state index in [9.17, 15) is 4.39 Å². The summed E-state index contributed by atoms with van der Waals surface area (Å²) in [7, 11) is 1.89. The van der Waals surface area contributed by atoms with Gasteiger partial charge in [0.25, 0.3) is 0 Å². The van der Waals surface area contributed by atoms with Gasteiger partial charge in [-0.1, -0.05) is 18.2 Å². The van der Waals surface area contributed by atoms with Crippen molar-refractivity contribution in [1.29, 1.82) is 0 Å². The molecule has 1 aromatic heterocycles. The third kappa shape index (κ3) is 2.15. The summed E-state index contributed by atoms with van der Waals surface area (Å²) in [6.07, 6.45) is 3.54. The third-order valence-electron chi connectivity index (χ3n) is 2.22. The number of nitrogens with zero attached hydrogens (tertiary/aromatic N) is 2. The Balaban J connectivity index is 2.06. The number of halogens is 1. The second-order valence-corrected chi connectivity index (χ2v) is 3.31. The van der Waals surface area contributed by atoms with E-state index in [0.29, 0.717) is 12.1 Å². The molecule has 0 atom stereocenters. The molecular formula is C11H12FN3. The van der Waals surface area contributed by atoms with E-state index in [2.05, 4.69) is 10.3 Å². The van der Waals surface area contributed by atoms with E-state index in [1.54, 1.807) is 18.3 Å². The van der Waals surface area contributed by atoms with Crippen molar-refractivity contribution in [3.63, 3.8) is 0 Å². The van der Waals surface area contributed by atoms with Crippen LogP contribution in [0.1, 0.15) is 5.56 Å². The highest BCUT2D eigenvalue weighted by molar-refractivity contribution is 5.29. The molecule has 4 heteroatoms. The zero-order chi connectivity index (χ0) is 10.7. The number of aromatic nitrogens is 2. The summed E-state index contributed by atoms with van der Waals surface area (Å²) in [5.41, 5.74) is 0.639. The molecule has 0 fully saturated rings. The zero-order valence-corrected chi connectivity index (χ0v) is 8.44. The molecule has 3 nitrogen and oxygen atoms in total. The molecule has 0 saturated carbocycles. The van der Waals surface area contributed by atoms with E-state index < -0.39 is 0 Å². The minimum Gasteiger partial charge on any atom is -0.351 e. The van der Waals surface area contributed by atoms with Gasteiger partial charge in [0.1, 0.15) is 5.82 Å². The van der Waals surface area contributed by atoms with Gasteiger partial charge in [-0.25, -0.2) is 9.37 Å². The summed E-state index contributed by atoms with van der Waals surface area (Å²) in [6, 6.07) is 6.71. The number of aryl methyl sites for hydroxylation is 1. The lowest BCUT2D eigenvalue weighted by Crippen LogP contribution is -2.05. The van der Waals surface area contributed by atoms with Gasteiger partial charge in [-0.2, -0.15) is 0 Å². The summed E-state index contributed by atoms with van der Waals surface area (Å²) in [4.78, 5) is 4.09. The lowest BCUT2D eigenvalue weighted by Gasteiger charge is -2.06. The first-order valence-corrected chi connectivity index (χ1v) is 4.72. The highest BCUT2D eigenvalue weighted by Gasteiger charge is 2.02. The smallest absolute Gasteiger partial charge is 0.202 e. The van der Waals surface area contributed by atoms with Crippen molar-refractivity contribution in [1.82, 2.24) is 9.55 Å². The topological polar surface area (TPSA) is 29.9 Å². The molecule has 0 saturated heterocycles. The number of benzene rings is 1. The predicted octanol–water partition coefficient (Wildman–Crippen LogP) is 2.17. The molecule has 0 spiro atoms. The first-order chi connectivity index (χ1) is 7.27. The van der Waals surface area contributed by atoms with Crippen LogP contribution < -0.4 is 5.32 Å². The lowest BCUT2D eigenvalue weighted by atomic mass is 10.2. The Morgan fingerprint density at radius 1 is 1.40 bits per heavy atom. The molecule has 15 heavy (non-hydrogen) atoms. The van der Waals surface area contributed by atoms with E-state index in [1.165, 1.54) is 6.07 Å². The third-order valence-corrected chi connectivity index (χ3v) is 2.22. The number of imidazole rings is 1. The van der Waals surface area contributed by atoms with Gasteiger partial charge in [0.15, 0.2) is 0 Å². The average molecular weight is 205 g/mol. The maximum atomic E-state index is 13.3. The Morgan fingerprint density at radius 3 is 2.87 bits per heavy atom. The molecule has 0 amide bonds. The van der Waals surface area contributed by atoms with E-state index in [4.69, 9.17) is 0 Å². The minimum absolute atomic E-state index is 0.195. The summed E-state index contributed by atoms with van der Waals surface area (Å²) >= 11 is 0. The van der Waals surface area contributed by atoms with Crippen molar-refractivity contribution in [2.24, 2.45) is 7.05 Å². The molecule has 2 rings (SSSR count). The second-order valence-electron chi connectivity index (χ2n) is 3.31. The van der Waals surface area contributed by atoms with Crippen LogP contribution in [-0.2, 0) is 13.6 Å². The SMILES string of the molecule is Cn1ccnc1NCc1ccccc1F. The van der Waals surface area contributed by atoms with E-state index >= 15 is 0 Å². The van der Waals surface area contributed by atoms with Crippen LogP contribution in [0.25, 0.3) is 0 Å². The van der Waals surface area contributed by atoms with Crippen molar-refractivity contribution in [3.05, 3.63) is 48.0 Å². The molecule has 0 radical (unpaired) electrons. The average Bonchev–Trinajstić information content (AvgIpc) is 2.63. The van der Waals surface area contributed by atoms with E-state index in [-0.39, 0.29) is 5.82 Å². The number of rotatable bonds is 3. The van der Waals surface area contributed by atoms with Crippen LogP contribution in [0.15, 0.2) is 36.7 Å². The number of anilines is 1. The maximum absolute atomic E-state index is 13.3. The van der Waals surface area contributed by atoms with E-state index in [1.807, 2.05) is 23.9 Å². The monoisotopic (exact) mass is 205 g/mol. The number of hydrogen-bond donors (Lipinski definition) is 1. The zero-order valence-electron chi connectivity index (χ0n) is 8.44. The Bertz CT molecular complexity index is 451. The fourth-order valence-electron chi connectivity index (χ4n) is 1.35. The fourth-order valence-corrected chi connectivity index (χ4v) is 1.35. The second kappa shape index (κ2) is 4.13. The van der Waals surface area contributed by atoms with Crippen molar-refractivity contribution in [2.45, 2.75) is 6.54 Å². The van der Waals surface area contributed by atoms with Gasteiger partial charge in [-0.3, -0.25) is 0 Å². The number of hydrogen-bond acceptors (Lipinski definition) is 2. The molecule has 1 heterocycles. The molecule has 1 aromatic carbocycles. The lowest BCUT2D eigenvalue weighted by molar-refractivity contribution is 0.612. The Kier molecular flexibility index (Phi) is 2.67. The van der Waals surface area contributed by atoms with Crippen molar-refractivity contribution < 1.29 is 4.39 Å². The van der Waals surface area contributed by atoms with Crippen molar-refractivity contribution in [2.75, 3.05) is 5.32 Å². The summed E-state index contributed by atoms with van der Waals surface area (Å²) < 4.78 is 15.1. The van der Waals surface area contributed by atoms with Crippen LogP contribution in [0.5, 0.6) is 0 Å². The molecule has 2 aromatic rings. The standard InChI is InChI=1S/C11H12FN3/c1-15-7-6-13-11(15)14-8-9-4-2-3-5-10(9)12/h2-7H,8H2,1H3,(H,13,14). The quantitative estimate of drug-likeness (QED) is 0.832. The van der Waals surface area contributed by atoms with Gasteiger partial charge < -0.3 is 9.88 Å². The van der Waals surface area contributed by atoms with Crippen LogP contribution in [-0.4, -0.2) is 9.55 Å². The number of nitrogens with one attached hydrogen (secondary N) is 1. The normalized spacial score (nSPS) is 10.3. The van der Waals surface area contributed by atoms with Crippen LogP contribution in [0.4, 0.5) is 10.3 Å². The molecule has 0 aliphatic rings. The van der Waals surface area contributed by atoms with Gasteiger partial charge in [0, 0.05) is 31.5 Å². The van der Waals surface area contributed by atoms with Gasteiger partial charge in [-0.15, -0.1) is 0 Å². The Hall–Kier alpha value is -1.84. The maximum Gasteiger partial charge on any atom is 0.202 e. The summed E-state index contributed by atoms with van der Waals surface area (Å²) in [5.74, 6) is 0.539. The van der Waals surface area contributed by atoms with Crippen LogP contribution in [0.3, 0.4) is 0 Å². The molecule has 0 aliphatic heterocycles. The molecule has 0 bridgehead atoms. The van der Waals surface area contributed by atoms with Crippen molar-refractivity contribution >= 4 is 5.95 Å². The van der Waals surface area contributed by atoms with Crippen LogP contribution in [0, 0.1) is 5.82 Å². The fraction of sp³-hybridized carbons (Fsp3) is 0.182. The highest BCUT2D eigenvalue weighted by Crippen LogP contribution is 2.09. The predicted molar refractivity (Wildman–Crippen MR) is 56.9 cm³/mol. The van der Waals surface area contributed by atoms with Gasteiger partial charge in [0.05, 0.1) is 0 Å². The molecule has 1 N–H and O–H groups in total. The molecule has 78 valence electrons. The van der Waals surface area contributed by atoms with Crippen LogP contribution in [0.2, 0.25) is 0 Å². The van der Waals surface area contributed by atoms with Crippen LogP contribution >= 0.6 is 0 Å². The highest BCUT2D eigenvalue weighted by atomic mass is 19.1. The van der Waals surface area contributed by atoms with Gasteiger partial charge in [0.2, 0.25) is 5.95 Å². The summed E-state index contributed by atoms with van der Waals surface area (Å²) in [6.45, 7) is 0.442. The Morgan fingerprint density at radius 2 is 2.20 bits per heavy atom. The molecular weight excluding hydrogens is 193 g/mol. The Labute approximate surface area is 87.6 Å². The van der Waals surface area contributed by atoms with Gasteiger partial charge in [-0.05, 0) is 6.07 Å². The first-order valence-electron chi connectivity index (χ1n) is 4.72. The molecule has 0 unspecified atom stereocenters. The largest absolute Gasteiger partial charge is 0.351 e. The van der Waals surface area contributed by atoms with Gasteiger partial charge >= 0.3 is 0 Å². The summed E-state index contributed by atoms with van der Waals surface area (Å²) in [5, 5.41) is 3.06. The minimum atomic E-state index is -0.195.